The van der Waals surface area contributed by atoms with Crippen molar-refractivity contribution in [2.75, 3.05) is 5.32 Å². The topological polar surface area (TPSA) is 78.4 Å². The zero-order valence-corrected chi connectivity index (χ0v) is 10.2. The lowest BCUT2D eigenvalue weighted by Gasteiger charge is -2.13. The van der Waals surface area contributed by atoms with Gasteiger partial charge < -0.3 is 15.7 Å². The maximum Gasteiger partial charge on any atom is 0.337 e. The number of hydrogen-bond acceptors (Lipinski definition) is 2. The molecule has 0 saturated carbocycles. The van der Waals surface area contributed by atoms with Crippen LogP contribution in [0, 0.1) is 18.2 Å². The number of nitrogens with one attached hydrogen (secondary N) is 2. The second-order valence-electron chi connectivity index (χ2n) is 3.90. The fraction of sp³-hybridized carbons (Fsp3) is 0.231. The van der Waals surface area contributed by atoms with Gasteiger partial charge in [-0.15, -0.1) is 12.3 Å². The van der Waals surface area contributed by atoms with E-state index in [2.05, 4.69) is 16.6 Å². The maximum absolute atomic E-state index is 12.9. The highest BCUT2D eigenvalue weighted by atomic mass is 19.1. The number of hydrogen-bond donors (Lipinski definition) is 3. The first-order valence-electron chi connectivity index (χ1n) is 5.48. The van der Waals surface area contributed by atoms with Crippen LogP contribution in [0.1, 0.15) is 23.7 Å². The number of carboxylic acid groups (broad SMARTS) is 1. The van der Waals surface area contributed by atoms with Gasteiger partial charge in [0.1, 0.15) is 5.82 Å². The van der Waals surface area contributed by atoms with Gasteiger partial charge in [0.15, 0.2) is 0 Å². The lowest BCUT2D eigenvalue weighted by atomic mass is 10.1. The van der Waals surface area contributed by atoms with E-state index < -0.39 is 17.8 Å². The van der Waals surface area contributed by atoms with Crippen molar-refractivity contribution in [3.63, 3.8) is 0 Å². The molecule has 0 aliphatic heterocycles. The number of carboxylic acids is 1. The van der Waals surface area contributed by atoms with Crippen molar-refractivity contribution in [1.29, 1.82) is 0 Å². The lowest BCUT2D eigenvalue weighted by molar-refractivity contribution is 0.0697. The Labute approximate surface area is 109 Å². The molecule has 5 nitrogen and oxygen atoms in total. The SMILES string of the molecule is C#CCC(C)NC(=O)Nc1ccc(F)cc1C(=O)O. The van der Waals surface area contributed by atoms with Crippen LogP contribution in [-0.2, 0) is 0 Å². The maximum atomic E-state index is 12.9. The molecule has 1 unspecified atom stereocenters. The summed E-state index contributed by atoms with van der Waals surface area (Å²) in [7, 11) is 0. The van der Waals surface area contributed by atoms with E-state index >= 15 is 0 Å². The number of amides is 2. The molecule has 0 bridgehead atoms. The summed E-state index contributed by atoms with van der Waals surface area (Å²) in [4.78, 5) is 22.5. The van der Waals surface area contributed by atoms with E-state index in [0.717, 1.165) is 12.1 Å². The van der Waals surface area contributed by atoms with Gasteiger partial charge in [-0.1, -0.05) is 0 Å². The van der Waals surface area contributed by atoms with Crippen molar-refractivity contribution in [1.82, 2.24) is 5.32 Å². The first kappa shape index (κ1) is 14.5. The largest absolute Gasteiger partial charge is 0.478 e. The highest BCUT2D eigenvalue weighted by molar-refractivity contribution is 6.00. The van der Waals surface area contributed by atoms with E-state index in [-0.39, 0.29) is 17.3 Å². The molecule has 1 rings (SSSR count). The number of anilines is 1. The molecule has 1 atom stereocenters. The van der Waals surface area contributed by atoms with Crippen LogP contribution in [0.15, 0.2) is 18.2 Å². The first-order valence-corrected chi connectivity index (χ1v) is 5.48. The number of carbonyl (C=O) groups is 2. The molecule has 0 aliphatic rings. The predicted molar refractivity (Wildman–Crippen MR) is 68.4 cm³/mol. The second kappa shape index (κ2) is 6.40. The number of carbonyl (C=O) groups excluding carboxylic acids is 1. The van der Waals surface area contributed by atoms with Gasteiger partial charge in [-0.3, -0.25) is 0 Å². The van der Waals surface area contributed by atoms with E-state index in [1.807, 2.05) is 0 Å². The normalized spacial score (nSPS) is 11.2. The van der Waals surface area contributed by atoms with Crippen molar-refractivity contribution in [3.05, 3.63) is 29.6 Å². The Balaban J connectivity index is 2.80. The van der Waals surface area contributed by atoms with Crippen LogP contribution in [0.2, 0.25) is 0 Å². The van der Waals surface area contributed by atoms with Crippen molar-refractivity contribution in [2.45, 2.75) is 19.4 Å². The summed E-state index contributed by atoms with van der Waals surface area (Å²) in [6, 6.07) is 2.23. The van der Waals surface area contributed by atoms with Gasteiger partial charge in [0.05, 0.1) is 11.3 Å². The summed E-state index contributed by atoms with van der Waals surface area (Å²) in [6.07, 6.45) is 5.45. The first-order chi connectivity index (χ1) is 8.93. The summed E-state index contributed by atoms with van der Waals surface area (Å²) in [5.74, 6) is 0.370. The monoisotopic (exact) mass is 264 g/mol. The van der Waals surface area contributed by atoms with Crippen LogP contribution in [-0.4, -0.2) is 23.1 Å². The fourth-order valence-corrected chi connectivity index (χ4v) is 1.41. The Morgan fingerprint density at radius 1 is 1.53 bits per heavy atom. The highest BCUT2D eigenvalue weighted by Gasteiger charge is 2.14. The van der Waals surface area contributed by atoms with Gasteiger partial charge >= 0.3 is 12.0 Å². The third-order valence-corrected chi connectivity index (χ3v) is 2.26. The lowest BCUT2D eigenvalue weighted by Crippen LogP contribution is -2.36. The van der Waals surface area contributed by atoms with Crippen molar-refractivity contribution in [2.24, 2.45) is 0 Å². The highest BCUT2D eigenvalue weighted by Crippen LogP contribution is 2.17. The van der Waals surface area contributed by atoms with Crippen LogP contribution in [0.5, 0.6) is 0 Å². The zero-order valence-electron chi connectivity index (χ0n) is 10.2. The minimum atomic E-state index is -1.33. The molecule has 0 saturated heterocycles. The summed E-state index contributed by atoms with van der Waals surface area (Å²) in [6.45, 7) is 1.71. The Bertz CT molecular complexity index is 537. The van der Waals surface area contributed by atoms with Gasteiger partial charge in [-0.05, 0) is 25.1 Å². The second-order valence-corrected chi connectivity index (χ2v) is 3.90. The van der Waals surface area contributed by atoms with E-state index in [1.165, 1.54) is 6.07 Å². The molecule has 1 aromatic rings. The molecule has 0 radical (unpaired) electrons. The van der Waals surface area contributed by atoms with Gasteiger partial charge in [0.2, 0.25) is 0 Å². The van der Waals surface area contributed by atoms with Crippen molar-refractivity contribution < 1.29 is 19.1 Å². The number of terminal acetylenes is 1. The van der Waals surface area contributed by atoms with E-state index in [0.29, 0.717) is 6.42 Å². The standard InChI is InChI=1S/C13H13FN2O3/c1-3-4-8(2)15-13(19)16-11-6-5-9(14)7-10(11)12(17)18/h1,5-8H,4H2,2H3,(H,17,18)(H2,15,16,19). The summed E-state index contributed by atoms with van der Waals surface area (Å²) >= 11 is 0. The van der Waals surface area contributed by atoms with E-state index in [4.69, 9.17) is 11.5 Å². The smallest absolute Gasteiger partial charge is 0.337 e. The summed E-state index contributed by atoms with van der Waals surface area (Å²) in [5, 5.41) is 13.8. The van der Waals surface area contributed by atoms with Gasteiger partial charge in [0.25, 0.3) is 0 Å². The van der Waals surface area contributed by atoms with Crippen LogP contribution in [0.25, 0.3) is 0 Å². The van der Waals surface area contributed by atoms with Gasteiger partial charge in [-0.2, -0.15) is 0 Å². The van der Waals surface area contributed by atoms with Crippen molar-refractivity contribution >= 4 is 17.7 Å². The number of rotatable bonds is 4. The van der Waals surface area contributed by atoms with E-state index in [1.54, 1.807) is 6.92 Å². The number of halogens is 1. The molecule has 0 fully saturated rings. The molecule has 2 amide bonds. The Morgan fingerprint density at radius 3 is 2.79 bits per heavy atom. The number of urea groups is 1. The molecule has 0 aliphatic carbocycles. The minimum Gasteiger partial charge on any atom is -0.478 e. The van der Waals surface area contributed by atoms with Crippen LogP contribution in [0.4, 0.5) is 14.9 Å². The molecule has 19 heavy (non-hydrogen) atoms. The Morgan fingerprint density at radius 2 is 2.21 bits per heavy atom. The average molecular weight is 264 g/mol. The molecule has 3 N–H and O–H groups in total. The Hall–Kier alpha value is -2.55. The molecule has 100 valence electrons. The molecule has 0 spiro atoms. The number of benzene rings is 1. The average Bonchev–Trinajstić information content (AvgIpc) is 2.31. The van der Waals surface area contributed by atoms with Crippen LogP contribution < -0.4 is 10.6 Å². The number of aromatic carboxylic acids is 1. The summed E-state index contributed by atoms with van der Waals surface area (Å²) < 4.78 is 12.9. The minimum absolute atomic E-state index is 0.0132. The molecule has 1 aromatic carbocycles. The third-order valence-electron chi connectivity index (χ3n) is 2.26. The molecule has 0 aromatic heterocycles. The quantitative estimate of drug-likeness (QED) is 0.728. The van der Waals surface area contributed by atoms with Gasteiger partial charge in [0, 0.05) is 12.5 Å². The summed E-state index contributed by atoms with van der Waals surface area (Å²) in [5.41, 5.74) is -0.306. The molecular formula is C13H13FN2O3. The predicted octanol–water partition coefficient (Wildman–Crippen LogP) is 2.06. The zero-order chi connectivity index (χ0) is 14.4. The molecule has 0 heterocycles. The van der Waals surface area contributed by atoms with E-state index in [9.17, 15) is 14.0 Å². The fourth-order valence-electron chi connectivity index (χ4n) is 1.41. The van der Waals surface area contributed by atoms with Gasteiger partial charge in [-0.25, -0.2) is 14.0 Å². The van der Waals surface area contributed by atoms with Crippen LogP contribution >= 0.6 is 0 Å². The van der Waals surface area contributed by atoms with Crippen LogP contribution in [0.3, 0.4) is 0 Å². The molecule has 6 heteroatoms. The van der Waals surface area contributed by atoms with Crippen molar-refractivity contribution in [3.8, 4) is 12.3 Å². The Kier molecular flexibility index (Phi) is 4.89. The molecular weight excluding hydrogens is 251 g/mol. The third kappa shape index (κ3) is 4.32.